The molecular formula is C19H15ClFN3O3. The van der Waals surface area contributed by atoms with E-state index in [4.69, 9.17) is 16.3 Å². The molecule has 3 rings (SSSR count). The molecule has 0 aliphatic carbocycles. The minimum Gasteiger partial charge on any atom is -0.495 e. The maximum atomic E-state index is 13.8. The van der Waals surface area contributed by atoms with Crippen molar-refractivity contribution in [1.29, 1.82) is 0 Å². The molecule has 6 nitrogen and oxygen atoms in total. The molecule has 0 fully saturated rings. The standard InChI is InChI=1S/C19H15ClFN3O3/c1-27-17-7-6-12(20)8-16(17)23-18(25)10-24-11-22-15(9-19(24)26)13-4-2-3-5-14(13)21/h2-9,11H,10H2,1H3,(H,23,25). The van der Waals surface area contributed by atoms with Crippen LogP contribution in [0.25, 0.3) is 11.3 Å². The first-order valence-electron chi connectivity index (χ1n) is 7.92. The highest BCUT2D eigenvalue weighted by Gasteiger charge is 2.12. The van der Waals surface area contributed by atoms with Gasteiger partial charge in [0.2, 0.25) is 5.91 Å². The second-order valence-electron chi connectivity index (χ2n) is 5.61. The van der Waals surface area contributed by atoms with Crippen molar-refractivity contribution < 1.29 is 13.9 Å². The molecule has 0 bridgehead atoms. The predicted molar refractivity (Wildman–Crippen MR) is 101 cm³/mol. The van der Waals surface area contributed by atoms with Gasteiger partial charge in [0.1, 0.15) is 18.1 Å². The van der Waals surface area contributed by atoms with E-state index in [-0.39, 0.29) is 17.8 Å². The molecule has 1 heterocycles. The Balaban J connectivity index is 1.78. The van der Waals surface area contributed by atoms with Gasteiger partial charge in [-0.3, -0.25) is 14.2 Å². The van der Waals surface area contributed by atoms with E-state index in [0.717, 1.165) is 4.57 Å². The van der Waals surface area contributed by atoms with Crippen molar-refractivity contribution in [2.24, 2.45) is 0 Å². The van der Waals surface area contributed by atoms with Gasteiger partial charge >= 0.3 is 0 Å². The third-order valence-corrected chi connectivity index (χ3v) is 4.01. The monoisotopic (exact) mass is 387 g/mol. The zero-order chi connectivity index (χ0) is 19.4. The number of nitrogens with one attached hydrogen (secondary N) is 1. The SMILES string of the molecule is COc1ccc(Cl)cc1NC(=O)Cn1cnc(-c2ccccc2F)cc1=O. The molecule has 138 valence electrons. The van der Waals surface area contributed by atoms with Crippen molar-refractivity contribution in [3.8, 4) is 17.0 Å². The first-order valence-corrected chi connectivity index (χ1v) is 8.30. The van der Waals surface area contributed by atoms with Crippen LogP contribution in [0.2, 0.25) is 5.02 Å². The van der Waals surface area contributed by atoms with E-state index in [2.05, 4.69) is 10.3 Å². The quantitative estimate of drug-likeness (QED) is 0.728. The molecular weight excluding hydrogens is 373 g/mol. The molecule has 2 aromatic carbocycles. The van der Waals surface area contributed by atoms with Crippen LogP contribution in [0.15, 0.2) is 59.7 Å². The van der Waals surface area contributed by atoms with Gasteiger partial charge in [0.05, 0.1) is 24.8 Å². The second-order valence-corrected chi connectivity index (χ2v) is 6.05. The fourth-order valence-electron chi connectivity index (χ4n) is 2.48. The Morgan fingerprint density at radius 3 is 2.74 bits per heavy atom. The zero-order valence-corrected chi connectivity index (χ0v) is 15.0. The molecule has 3 aromatic rings. The van der Waals surface area contributed by atoms with Gasteiger partial charge < -0.3 is 10.1 Å². The fourth-order valence-corrected chi connectivity index (χ4v) is 2.66. The van der Waals surface area contributed by atoms with Crippen LogP contribution in [0.1, 0.15) is 0 Å². The van der Waals surface area contributed by atoms with E-state index in [1.54, 1.807) is 30.3 Å². The van der Waals surface area contributed by atoms with Gasteiger partial charge in [0, 0.05) is 16.7 Å². The van der Waals surface area contributed by atoms with Crippen LogP contribution in [0.5, 0.6) is 5.75 Å². The van der Waals surface area contributed by atoms with Crippen molar-refractivity contribution >= 4 is 23.2 Å². The smallest absolute Gasteiger partial charge is 0.254 e. The third kappa shape index (κ3) is 4.32. The molecule has 1 aromatic heterocycles. The summed E-state index contributed by atoms with van der Waals surface area (Å²) in [6.45, 7) is -0.265. The van der Waals surface area contributed by atoms with Gasteiger partial charge in [0.15, 0.2) is 0 Å². The van der Waals surface area contributed by atoms with Gasteiger partial charge in [-0.15, -0.1) is 0 Å². The second kappa shape index (κ2) is 8.01. The van der Waals surface area contributed by atoms with Gasteiger partial charge in [-0.05, 0) is 30.3 Å². The molecule has 0 aliphatic rings. The van der Waals surface area contributed by atoms with Gasteiger partial charge in [-0.2, -0.15) is 0 Å². The Morgan fingerprint density at radius 1 is 1.26 bits per heavy atom. The van der Waals surface area contributed by atoms with Crippen LogP contribution >= 0.6 is 11.6 Å². The molecule has 27 heavy (non-hydrogen) atoms. The Labute approximate surface area is 159 Å². The minimum atomic E-state index is -0.479. The van der Waals surface area contributed by atoms with Crippen molar-refractivity contribution in [2.45, 2.75) is 6.54 Å². The molecule has 0 spiro atoms. The molecule has 0 unspecified atom stereocenters. The van der Waals surface area contributed by atoms with Crippen molar-refractivity contribution in [3.63, 3.8) is 0 Å². The van der Waals surface area contributed by atoms with Gasteiger partial charge in [-0.1, -0.05) is 23.7 Å². The number of amides is 1. The summed E-state index contributed by atoms with van der Waals surface area (Å²) in [7, 11) is 1.47. The van der Waals surface area contributed by atoms with Gasteiger partial charge in [-0.25, -0.2) is 9.37 Å². The van der Waals surface area contributed by atoms with Crippen LogP contribution in [0, 0.1) is 5.82 Å². The summed E-state index contributed by atoms with van der Waals surface area (Å²) in [6.07, 6.45) is 1.21. The number of hydrogen-bond donors (Lipinski definition) is 1. The number of ether oxygens (including phenoxy) is 1. The molecule has 1 amide bonds. The first-order chi connectivity index (χ1) is 13.0. The number of carbonyl (C=O) groups is 1. The minimum absolute atomic E-state index is 0.200. The number of nitrogens with zero attached hydrogens (tertiary/aromatic N) is 2. The lowest BCUT2D eigenvalue weighted by molar-refractivity contribution is -0.116. The summed E-state index contributed by atoms with van der Waals surface area (Å²) in [6, 6.07) is 12.0. The number of carbonyl (C=O) groups excluding carboxylic acids is 1. The largest absolute Gasteiger partial charge is 0.495 e. The van der Waals surface area contributed by atoms with Gasteiger partial charge in [0.25, 0.3) is 5.56 Å². The lowest BCUT2D eigenvalue weighted by Gasteiger charge is -2.11. The highest BCUT2D eigenvalue weighted by atomic mass is 35.5. The Kier molecular flexibility index (Phi) is 5.52. The van der Waals surface area contributed by atoms with E-state index in [1.165, 1.54) is 31.6 Å². The molecule has 8 heteroatoms. The average Bonchev–Trinajstić information content (AvgIpc) is 2.64. The Morgan fingerprint density at radius 2 is 2.04 bits per heavy atom. The molecule has 1 N–H and O–H groups in total. The molecule has 0 aliphatic heterocycles. The van der Waals surface area contributed by atoms with Crippen molar-refractivity contribution in [1.82, 2.24) is 9.55 Å². The third-order valence-electron chi connectivity index (χ3n) is 3.78. The van der Waals surface area contributed by atoms with E-state index in [9.17, 15) is 14.0 Å². The molecule has 0 radical (unpaired) electrons. The summed E-state index contributed by atoms with van der Waals surface area (Å²) >= 11 is 5.93. The number of aromatic nitrogens is 2. The topological polar surface area (TPSA) is 73.2 Å². The summed E-state index contributed by atoms with van der Waals surface area (Å²) < 4.78 is 20.1. The number of rotatable bonds is 5. The fraction of sp³-hybridized carbons (Fsp3) is 0.105. The maximum Gasteiger partial charge on any atom is 0.254 e. The number of anilines is 1. The first kappa shape index (κ1) is 18.6. The number of benzene rings is 2. The number of hydrogen-bond acceptors (Lipinski definition) is 4. The maximum absolute atomic E-state index is 13.8. The van der Waals surface area contributed by atoms with Crippen molar-refractivity contribution in [2.75, 3.05) is 12.4 Å². The van der Waals surface area contributed by atoms with Crippen molar-refractivity contribution in [3.05, 3.63) is 76.1 Å². The number of halogens is 2. The Hall–Kier alpha value is -3.19. The lowest BCUT2D eigenvalue weighted by Crippen LogP contribution is -2.27. The van der Waals surface area contributed by atoms with E-state index in [1.807, 2.05) is 0 Å². The molecule has 0 saturated heterocycles. The highest BCUT2D eigenvalue weighted by Crippen LogP contribution is 2.27. The van der Waals surface area contributed by atoms with Crippen LogP contribution < -0.4 is 15.6 Å². The summed E-state index contributed by atoms with van der Waals surface area (Å²) in [5.41, 5.74) is 0.330. The van der Waals surface area contributed by atoms with Crippen LogP contribution in [-0.4, -0.2) is 22.6 Å². The zero-order valence-electron chi connectivity index (χ0n) is 14.3. The molecule has 0 saturated carbocycles. The lowest BCUT2D eigenvalue weighted by atomic mass is 10.1. The van der Waals surface area contributed by atoms with E-state index >= 15 is 0 Å². The number of methoxy groups -OCH3 is 1. The normalized spacial score (nSPS) is 10.5. The van der Waals surface area contributed by atoms with Crippen LogP contribution in [-0.2, 0) is 11.3 Å². The summed E-state index contributed by atoms with van der Waals surface area (Å²) in [5.74, 6) is -0.501. The van der Waals surface area contributed by atoms with E-state index < -0.39 is 17.3 Å². The van der Waals surface area contributed by atoms with E-state index in [0.29, 0.717) is 16.5 Å². The highest BCUT2D eigenvalue weighted by molar-refractivity contribution is 6.31. The Bertz CT molecular complexity index is 1050. The average molecular weight is 388 g/mol. The molecule has 0 atom stereocenters. The van der Waals surface area contributed by atoms with Crippen LogP contribution in [0.3, 0.4) is 0 Å². The summed E-state index contributed by atoms with van der Waals surface area (Å²) in [4.78, 5) is 28.6. The van der Waals surface area contributed by atoms with Crippen LogP contribution in [0.4, 0.5) is 10.1 Å². The predicted octanol–water partition coefficient (Wildman–Crippen LogP) is 3.35. The summed E-state index contributed by atoms with van der Waals surface area (Å²) in [5, 5.41) is 3.07.